The van der Waals surface area contributed by atoms with E-state index in [1.165, 1.54) is 6.07 Å². The number of nitrogens with zero attached hydrogens (tertiary/aromatic N) is 3. The predicted molar refractivity (Wildman–Crippen MR) is 104 cm³/mol. The summed E-state index contributed by atoms with van der Waals surface area (Å²) in [5, 5.41) is 11.5. The van der Waals surface area contributed by atoms with E-state index < -0.39 is 17.6 Å². The number of anilines is 2. The number of fused-ring (bicyclic) bond motifs is 2. The molecule has 2 aromatic carbocycles. The van der Waals surface area contributed by atoms with Crippen molar-refractivity contribution in [2.75, 3.05) is 18.5 Å². The van der Waals surface area contributed by atoms with E-state index in [4.69, 9.17) is 14.4 Å². The van der Waals surface area contributed by atoms with Gasteiger partial charge in [-0.1, -0.05) is 0 Å². The second-order valence-electron chi connectivity index (χ2n) is 6.53. The predicted octanol–water partition coefficient (Wildman–Crippen LogP) is 3.13. The number of aryl methyl sites for hydroxylation is 1. The van der Waals surface area contributed by atoms with Crippen molar-refractivity contribution in [1.29, 1.82) is 0 Å². The number of hydrogen-bond acceptors (Lipinski definition) is 7. The van der Waals surface area contributed by atoms with Crippen molar-refractivity contribution in [3.63, 3.8) is 0 Å². The van der Waals surface area contributed by atoms with Gasteiger partial charge in [0.05, 0.1) is 29.8 Å². The Morgan fingerprint density at radius 1 is 1.19 bits per heavy atom. The van der Waals surface area contributed by atoms with Gasteiger partial charge in [0.25, 0.3) is 5.91 Å². The maximum atomic E-state index is 12.9. The van der Waals surface area contributed by atoms with Gasteiger partial charge in [-0.25, -0.2) is 10.5 Å². The highest BCUT2D eigenvalue weighted by Crippen LogP contribution is 2.32. The van der Waals surface area contributed by atoms with Crippen molar-refractivity contribution in [3.8, 4) is 0 Å². The monoisotopic (exact) mass is 435 g/mol. The third-order valence-electron chi connectivity index (χ3n) is 4.44. The summed E-state index contributed by atoms with van der Waals surface area (Å²) in [5.41, 5.74) is 3.07. The number of carbonyl (C=O) groups excluding carboxylic acids is 1. The van der Waals surface area contributed by atoms with Gasteiger partial charge in [-0.3, -0.25) is 14.9 Å². The average Bonchev–Trinajstić information content (AvgIpc) is 3.27. The molecule has 0 aliphatic rings. The van der Waals surface area contributed by atoms with Crippen molar-refractivity contribution in [3.05, 3.63) is 47.5 Å². The van der Waals surface area contributed by atoms with Crippen LogP contribution in [-0.4, -0.2) is 38.8 Å². The molecule has 0 radical (unpaired) electrons. The molecule has 9 nitrogen and oxygen atoms in total. The van der Waals surface area contributed by atoms with Crippen LogP contribution in [0.5, 0.6) is 0 Å². The third kappa shape index (κ3) is 4.15. The fraction of sp³-hybridized carbons (Fsp3) is 0.211. The number of nitrogens with one attached hydrogen (secondary N) is 2. The van der Waals surface area contributed by atoms with Gasteiger partial charge in [0.2, 0.25) is 5.95 Å². The first-order valence-electron chi connectivity index (χ1n) is 9.00. The third-order valence-corrected chi connectivity index (χ3v) is 4.44. The number of alkyl halides is 3. The zero-order chi connectivity index (χ0) is 22.2. The number of oxazole rings is 1. The molecule has 0 saturated heterocycles. The summed E-state index contributed by atoms with van der Waals surface area (Å²) >= 11 is 0. The van der Waals surface area contributed by atoms with Crippen LogP contribution >= 0.6 is 0 Å². The van der Waals surface area contributed by atoms with E-state index in [0.717, 1.165) is 12.1 Å². The SMILES string of the molecule is Cn1c(Nc2nc3ccc(C(F)(F)F)cc3o2)nc2cc(C(=O)NOCCO)ccc21. The maximum Gasteiger partial charge on any atom is 0.416 e. The van der Waals surface area contributed by atoms with Crippen LogP contribution in [0, 0.1) is 0 Å². The van der Waals surface area contributed by atoms with Crippen LogP contribution in [0.25, 0.3) is 22.1 Å². The number of aromatic nitrogens is 3. The second-order valence-corrected chi connectivity index (χ2v) is 6.53. The standard InChI is InChI=1S/C19H16F3N5O4/c1-27-14-5-2-10(16(29)26-30-7-6-28)8-13(14)23-17(27)25-18-24-12-4-3-11(19(20,21)22)9-15(12)31-18/h2-5,8-9,28H,6-7H2,1H3,(H,26,29)(H,23,24,25). The molecule has 0 spiro atoms. The second kappa shape index (κ2) is 7.89. The molecule has 3 N–H and O–H groups in total. The molecule has 0 saturated carbocycles. The van der Waals surface area contributed by atoms with Gasteiger partial charge in [0.15, 0.2) is 5.58 Å². The van der Waals surface area contributed by atoms with Gasteiger partial charge in [-0.05, 0) is 36.4 Å². The molecule has 0 bridgehead atoms. The number of aliphatic hydroxyl groups excluding tert-OH is 1. The Morgan fingerprint density at radius 2 is 2.00 bits per heavy atom. The van der Waals surface area contributed by atoms with Crippen molar-refractivity contribution in [2.24, 2.45) is 7.05 Å². The first-order chi connectivity index (χ1) is 14.8. The molecule has 0 unspecified atom stereocenters. The summed E-state index contributed by atoms with van der Waals surface area (Å²) in [6.45, 7) is -0.275. The number of hydroxylamine groups is 1. The van der Waals surface area contributed by atoms with Gasteiger partial charge in [-0.15, -0.1) is 0 Å². The number of hydrogen-bond donors (Lipinski definition) is 3. The average molecular weight is 435 g/mol. The van der Waals surface area contributed by atoms with Crippen molar-refractivity contribution >= 4 is 40.0 Å². The van der Waals surface area contributed by atoms with Crippen LogP contribution in [0.4, 0.5) is 25.1 Å². The molecule has 0 atom stereocenters. The van der Waals surface area contributed by atoms with E-state index in [1.54, 1.807) is 29.8 Å². The number of rotatable bonds is 6. The van der Waals surface area contributed by atoms with Gasteiger partial charge in [-0.2, -0.15) is 18.2 Å². The Hall–Kier alpha value is -3.64. The van der Waals surface area contributed by atoms with E-state index in [-0.39, 0.29) is 35.9 Å². The minimum atomic E-state index is -4.49. The molecule has 0 aliphatic carbocycles. The van der Waals surface area contributed by atoms with Crippen LogP contribution in [-0.2, 0) is 18.1 Å². The number of carbonyl (C=O) groups is 1. The molecule has 2 aromatic heterocycles. The normalized spacial score (nSPS) is 11.9. The number of benzene rings is 2. The van der Waals surface area contributed by atoms with E-state index in [1.807, 2.05) is 0 Å². The minimum Gasteiger partial charge on any atom is -0.423 e. The summed E-state index contributed by atoms with van der Waals surface area (Å²) in [7, 11) is 1.71. The van der Waals surface area contributed by atoms with Crippen LogP contribution in [0.1, 0.15) is 15.9 Å². The molecule has 4 rings (SSSR count). The van der Waals surface area contributed by atoms with Crippen molar-refractivity contribution in [1.82, 2.24) is 20.0 Å². The van der Waals surface area contributed by atoms with E-state index in [2.05, 4.69) is 20.8 Å². The molecule has 12 heteroatoms. The van der Waals surface area contributed by atoms with Gasteiger partial charge >= 0.3 is 12.2 Å². The molecular formula is C19H16F3N5O4. The molecule has 4 aromatic rings. The topological polar surface area (TPSA) is 114 Å². The molecule has 1 amide bonds. The number of halogens is 3. The lowest BCUT2D eigenvalue weighted by molar-refractivity contribution is -0.137. The van der Waals surface area contributed by atoms with Gasteiger partial charge < -0.3 is 14.1 Å². The van der Waals surface area contributed by atoms with E-state index >= 15 is 0 Å². The Morgan fingerprint density at radius 3 is 2.74 bits per heavy atom. The summed E-state index contributed by atoms with van der Waals surface area (Å²) in [4.78, 5) is 25.4. The lowest BCUT2D eigenvalue weighted by Crippen LogP contribution is -2.25. The summed E-state index contributed by atoms with van der Waals surface area (Å²) in [6.07, 6.45) is -4.49. The minimum absolute atomic E-state index is 0.0158. The Labute approximate surface area is 172 Å². The lowest BCUT2D eigenvalue weighted by atomic mass is 10.2. The van der Waals surface area contributed by atoms with Crippen LogP contribution < -0.4 is 10.8 Å². The summed E-state index contributed by atoms with van der Waals surface area (Å²) in [5.74, 6) is -0.193. The Bertz CT molecular complexity index is 1260. The van der Waals surface area contributed by atoms with Gasteiger partial charge in [0.1, 0.15) is 5.52 Å². The van der Waals surface area contributed by atoms with Crippen LogP contribution in [0.15, 0.2) is 40.8 Å². The lowest BCUT2D eigenvalue weighted by Gasteiger charge is -2.04. The highest BCUT2D eigenvalue weighted by Gasteiger charge is 2.31. The first-order valence-corrected chi connectivity index (χ1v) is 9.00. The number of amides is 1. The fourth-order valence-corrected chi connectivity index (χ4v) is 2.92. The summed E-state index contributed by atoms with van der Waals surface area (Å²) in [6, 6.07) is 7.81. The van der Waals surface area contributed by atoms with E-state index in [9.17, 15) is 18.0 Å². The van der Waals surface area contributed by atoms with Crippen molar-refractivity contribution < 1.29 is 32.3 Å². The first kappa shape index (κ1) is 20.6. The smallest absolute Gasteiger partial charge is 0.416 e. The fourth-order valence-electron chi connectivity index (χ4n) is 2.92. The molecule has 0 fully saturated rings. The zero-order valence-corrected chi connectivity index (χ0v) is 16.0. The Kier molecular flexibility index (Phi) is 5.25. The highest BCUT2D eigenvalue weighted by atomic mass is 19.4. The van der Waals surface area contributed by atoms with E-state index in [0.29, 0.717) is 17.0 Å². The highest BCUT2D eigenvalue weighted by molar-refractivity contribution is 5.97. The quantitative estimate of drug-likeness (QED) is 0.315. The molecule has 31 heavy (non-hydrogen) atoms. The molecular weight excluding hydrogens is 419 g/mol. The molecule has 0 aliphatic heterocycles. The van der Waals surface area contributed by atoms with Crippen LogP contribution in [0.3, 0.4) is 0 Å². The number of imidazole rings is 1. The largest absolute Gasteiger partial charge is 0.423 e. The number of aliphatic hydroxyl groups is 1. The van der Waals surface area contributed by atoms with Crippen LogP contribution in [0.2, 0.25) is 0 Å². The summed E-state index contributed by atoms with van der Waals surface area (Å²) < 4.78 is 45.7. The van der Waals surface area contributed by atoms with Gasteiger partial charge in [0, 0.05) is 12.6 Å². The maximum absolute atomic E-state index is 12.9. The zero-order valence-electron chi connectivity index (χ0n) is 16.0. The Balaban J connectivity index is 1.59. The molecule has 162 valence electrons. The van der Waals surface area contributed by atoms with Crippen molar-refractivity contribution in [2.45, 2.75) is 6.18 Å². The molecule has 2 heterocycles.